The SMILES string of the molecule is CC1(C)C[C@H]2C[C@](C)(CN2C(=O)COC(=O)COc2ccc(Br)cc2)C1. The van der Waals surface area contributed by atoms with Gasteiger partial charge in [0.25, 0.3) is 5.91 Å². The molecular formula is C20H26BrNO4. The molecule has 1 heterocycles. The van der Waals surface area contributed by atoms with E-state index in [1.165, 1.54) is 0 Å². The molecule has 1 saturated heterocycles. The lowest BCUT2D eigenvalue weighted by Gasteiger charge is -2.39. The van der Waals surface area contributed by atoms with Gasteiger partial charge in [-0.25, -0.2) is 4.79 Å². The van der Waals surface area contributed by atoms with Gasteiger partial charge in [0.15, 0.2) is 13.2 Å². The summed E-state index contributed by atoms with van der Waals surface area (Å²) in [6, 6.07) is 7.44. The lowest BCUT2D eigenvalue weighted by Crippen LogP contribution is -2.40. The Morgan fingerprint density at radius 2 is 1.85 bits per heavy atom. The zero-order chi connectivity index (χ0) is 18.9. The number of hydrogen-bond donors (Lipinski definition) is 0. The van der Waals surface area contributed by atoms with E-state index in [2.05, 4.69) is 36.7 Å². The number of likely N-dealkylation sites (tertiary alicyclic amines) is 1. The number of fused-ring (bicyclic) bond motifs is 2. The summed E-state index contributed by atoms with van der Waals surface area (Å²) < 4.78 is 11.4. The summed E-state index contributed by atoms with van der Waals surface area (Å²) in [5, 5.41) is 0. The van der Waals surface area contributed by atoms with Gasteiger partial charge in [-0.15, -0.1) is 0 Å². The molecule has 142 valence electrons. The van der Waals surface area contributed by atoms with Crippen LogP contribution in [0.1, 0.15) is 40.0 Å². The van der Waals surface area contributed by atoms with E-state index >= 15 is 0 Å². The summed E-state index contributed by atoms with van der Waals surface area (Å²) in [6.45, 7) is 7.13. The lowest BCUT2D eigenvalue weighted by atomic mass is 9.65. The Bertz CT molecular complexity index is 688. The van der Waals surface area contributed by atoms with Crippen LogP contribution < -0.4 is 4.74 Å². The highest BCUT2D eigenvalue weighted by atomic mass is 79.9. The van der Waals surface area contributed by atoms with Crippen LogP contribution in [0, 0.1) is 10.8 Å². The number of nitrogens with zero attached hydrogens (tertiary/aromatic N) is 1. The summed E-state index contributed by atoms with van der Waals surface area (Å²) >= 11 is 3.34. The molecule has 6 heteroatoms. The van der Waals surface area contributed by atoms with Gasteiger partial charge in [0.05, 0.1) is 0 Å². The Hall–Kier alpha value is -1.56. The monoisotopic (exact) mass is 423 g/mol. The average Bonchev–Trinajstić information content (AvgIpc) is 2.81. The predicted octanol–water partition coefficient (Wildman–Crippen LogP) is 3.80. The van der Waals surface area contributed by atoms with Crippen LogP contribution in [0.5, 0.6) is 5.75 Å². The molecule has 5 nitrogen and oxygen atoms in total. The van der Waals surface area contributed by atoms with E-state index in [0.29, 0.717) is 5.75 Å². The third kappa shape index (κ3) is 4.58. The van der Waals surface area contributed by atoms with Gasteiger partial charge in [-0.1, -0.05) is 36.7 Å². The summed E-state index contributed by atoms with van der Waals surface area (Å²) in [5.74, 6) is -0.0524. The fraction of sp³-hybridized carbons (Fsp3) is 0.600. The minimum Gasteiger partial charge on any atom is -0.482 e. The van der Waals surface area contributed by atoms with E-state index in [9.17, 15) is 9.59 Å². The van der Waals surface area contributed by atoms with Crippen LogP contribution in [-0.4, -0.2) is 42.6 Å². The highest BCUT2D eigenvalue weighted by Crippen LogP contribution is 2.52. The van der Waals surface area contributed by atoms with E-state index in [4.69, 9.17) is 9.47 Å². The first-order valence-corrected chi connectivity index (χ1v) is 9.79. The van der Waals surface area contributed by atoms with Gasteiger partial charge >= 0.3 is 5.97 Å². The quantitative estimate of drug-likeness (QED) is 0.675. The van der Waals surface area contributed by atoms with E-state index in [1.54, 1.807) is 12.1 Å². The molecule has 1 aromatic rings. The molecule has 0 spiro atoms. The summed E-state index contributed by atoms with van der Waals surface area (Å²) in [5.41, 5.74) is 0.429. The van der Waals surface area contributed by atoms with Crippen LogP contribution in [0.3, 0.4) is 0 Å². The summed E-state index contributed by atoms with van der Waals surface area (Å²) in [7, 11) is 0. The molecule has 1 saturated carbocycles. The highest BCUT2D eigenvalue weighted by Gasteiger charge is 2.50. The Kier molecular flexibility index (Phi) is 5.33. The predicted molar refractivity (Wildman–Crippen MR) is 102 cm³/mol. The van der Waals surface area contributed by atoms with Crippen molar-refractivity contribution in [1.82, 2.24) is 4.90 Å². The second kappa shape index (κ2) is 7.22. The number of carbonyl (C=O) groups excluding carboxylic acids is 2. The molecule has 2 bridgehead atoms. The maximum atomic E-state index is 12.6. The minimum atomic E-state index is -0.532. The number of rotatable bonds is 5. The molecule has 3 rings (SSSR count). The number of carbonyl (C=O) groups is 2. The number of amides is 1. The number of hydrogen-bond acceptors (Lipinski definition) is 4. The van der Waals surface area contributed by atoms with Crippen LogP contribution in [0.25, 0.3) is 0 Å². The van der Waals surface area contributed by atoms with Crippen LogP contribution in [0.2, 0.25) is 0 Å². The van der Waals surface area contributed by atoms with Crippen molar-refractivity contribution in [3.05, 3.63) is 28.7 Å². The Morgan fingerprint density at radius 1 is 1.15 bits per heavy atom. The molecule has 2 fully saturated rings. The molecule has 0 N–H and O–H groups in total. The molecule has 2 aliphatic rings. The Balaban J connectivity index is 1.47. The van der Waals surface area contributed by atoms with Crippen molar-refractivity contribution >= 4 is 27.8 Å². The van der Waals surface area contributed by atoms with Crippen molar-refractivity contribution in [3.63, 3.8) is 0 Å². The standard InChI is InChI=1S/C20H26BrNO4/c1-19(2)8-15-9-20(3,12-19)13-22(15)17(23)10-26-18(24)11-25-16-6-4-14(21)5-7-16/h4-7,15H,8-13H2,1-3H3/t15-,20-/m0/s1. The van der Waals surface area contributed by atoms with Crippen molar-refractivity contribution in [3.8, 4) is 5.75 Å². The second-order valence-corrected chi connectivity index (χ2v) is 9.55. The largest absolute Gasteiger partial charge is 0.482 e. The first-order valence-electron chi connectivity index (χ1n) is 8.99. The molecule has 0 aromatic heterocycles. The smallest absolute Gasteiger partial charge is 0.344 e. The third-order valence-corrected chi connectivity index (χ3v) is 5.79. The van der Waals surface area contributed by atoms with E-state index < -0.39 is 5.97 Å². The van der Waals surface area contributed by atoms with Crippen molar-refractivity contribution < 1.29 is 19.1 Å². The van der Waals surface area contributed by atoms with E-state index in [0.717, 1.165) is 30.3 Å². The van der Waals surface area contributed by atoms with E-state index in [1.807, 2.05) is 17.0 Å². The molecule has 1 aliphatic heterocycles. The zero-order valence-electron chi connectivity index (χ0n) is 15.6. The van der Waals surface area contributed by atoms with Crippen molar-refractivity contribution in [2.45, 2.75) is 46.1 Å². The highest BCUT2D eigenvalue weighted by molar-refractivity contribution is 9.10. The van der Waals surface area contributed by atoms with Gasteiger partial charge in [0.1, 0.15) is 5.75 Å². The zero-order valence-corrected chi connectivity index (χ0v) is 17.2. The molecule has 26 heavy (non-hydrogen) atoms. The maximum absolute atomic E-state index is 12.6. The van der Waals surface area contributed by atoms with Crippen molar-refractivity contribution in [1.29, 1.82) is 0 Å². The van der Waals surface area contributed by atoms with Crippen LogP contribution >= 0.6 is 15.9 Å². The number of ether oxygens (including phenoxy) is 2. The molecule has 1 aromatic carbocycles. The van der Waals surface area contributed by atoms with Gasteiger partial charge in [0.2, 0.25) is 0 Å². The van der Waals surface area contributed by atoms with Gasteiger partial charge in [-0.2, -0.15) is 0 Å². The van der Waals surface area contributed by atoms with Crippen molar-refractivity contribution in [2.24, 2.45) is 10.8 Å². The van der Waals surface area contributed by atoms with Gasteiger partial charge in [-0.3, -0.25) is 4.79 Å². The van der Waals surface area contributed by atoms with Gasteiger partial charge < -0.3 is 14.4 Å². The Morgan fingerprint density at radius 3 is 2.54 bits per heavy atom. The molecule has 0 radical (unpaired) electrons. The first-order chi connectivity index (χ1) is 12.2. The topological polar surface area (TPSA) is 55.8 Å². The van der Waals surface area contributed by atoms with Crippen LogP contribution in [0.15, 0.2) is 28.7 Å². The van der Waals surface area contributed by atoms with Crippen LogP contribution in [-0.2, 0) is 14.3 Å². The number of benzene rings is 1. The van der Waals surface area contributed by atoms with Crippen LogP contribution in [0.4, 0.5) is 0 Å². The fourth-order valence-electron chi connectivity index (χ4n) is 4.69. The molecule has 2 atom stereocenters. The molecule has 1 aliphatic carbocycles. The normalized spacial score (nSPS) is 26.5. The van der Waals surface area contributed by atoms with E-state index in [-0.39, 0.29) is 36.0 Å². The average molecular weight is 424 g/mol. The lowest BCUT2D eigenvalue weighted by molar-refractivity contribution is -0.154. The maximum Gasteiger partial charge on any atom is 0.344 e. The molecule has 1 amide bonds. The summed E-state index contributed by atoms with van der Waals surface area (Å²) in [4.78, 5) is 26.3. The first kappa shape index (κ1) is 19.2. The summed E-state index contributed by atoms with van der Waals surface area (Å²) in [6.07, 6.45) is 3.18. The van der Waals surface area contributed by atoms with Gasteiger partial charge in [-0.05, 0) is 54.4 Å². The molecular weight excluding hydrogens is 398 g/mol. The van der Waals surface area contributed by atoms with Gasteiger partial charge in [0, 0.05) is 17.1 Å². The third-order valence-electron chi connectivity index (χ3n) is 5.26. The Labute approximate surface area is 163 Å². The number of halogens is 1. The molecule has 0 unspecified atom stereocenters. The fourth-order valence-corrected chi connectivity index (χ4v) is 4.96. The second-order valence-electron chi connectivity index (χ2n) is 8.64. The minimum absolute atomic E-state index is 0.103. The van der Waals surface area contributed by atoms with Crippen molar-refractivity contribution in [2.75, 3.05) is 19.8 Å². The number of esters is 1.